The van der Waals surface area contributed by atoms with Crippen molar-refractivity contribution in [2.75, 3.05) is 26.8 Å². The first-order valence-electron chi connectivity index (χ1n) is 9.27. The van der Waals surface area contributed by atoms with Gasteiger partial charge in [0.05, 0.1) is 13.2 Å². The second kappa shape index (κ2) is 9.09. The lowest BCUT2D eigenvalue weighted by Crippen LogP contribution is -2.38. The van der Waals surface area contributed by atoms with Crippen molar-refractivity contribution in [1.82, 2.24) is 20.3 Å². The molecule has 12 nitrogen and oxygen atoms in total. The van der Waals surface area contributed by atoms with E-state index in [1.807, 2.05) is 0 Å². The number of amides is 1. The Balaban J connectivity index is 1.79. The van der Waals surface area contributed by atoms with Gasteiger partial charge in [-0.05, 0) is 13.8 Å². The summed E-state index contributed by atoms with van der Waals surface area (Å²) in [7, 11) is 1.52. The van der Waals surface area contributed by atoms with E-state index in [1.165, 1.54) is 13.2 Å². The van der Waals surface area contributed by atoms with E-state index in [1.54, 1.807) is 13.8 Å². The van der Waals surface area contributed by atoms with Gasteiger partial charge in [-0.1, -0.05) is 11.8 Å². The molecule has 4 atom stereocenters. The normalized spacial score (nSPS) is 26.7. The molecule has 4 unspecified atom stereocenters. The van der Waals surface area contributed by atoms with Crippen LogP contribution in [0.3, 0.4) is 0 Å². The summed E-state index contributed by atoms with van der Waals surface area (Å²) >= 11 is 0. The van der Waals surface area contributed by atoms with Gasteiger partial charge < -0.3 is 24.6 Å². The third-order valence-electron chi connectivity index (χ3n) is 4.49. The lowest BCUT2D eigenvalue weighted by Gasteiger charge is -2.24. The Morgan fingerprint density at radius 1 is 1.37 bits per heavy atom. The van der Waals surface area contributed by atoms with Gasteiger partial charge in [-0.2, -0.15) is 0 Å². The van der Waals surface area contributed by atoms with Crippen molar-refractivity contribution < 1.29 is 28.9 Å². The molecule has 2 aliphatic rings. The van der Waals surface area contributed by atoms with E-state index in [0.29, 0.717) is 0 Å². The Kier molecular flexibility index (Phi) is 6.71. The predicted octanol–water partition coefficient (Wildman–Crippen LogP) is -2.43. The quantitative estimate of drug-likeness (QED) is 0.288. The molecule has 0 bridgehead atoms. The summed E-state index contributed by atoms with van der Waals surface area (Å²) < 4.78 is 18.5. The fourth-order valence-corrected chi connectivity index (χ4v) is 3.26. The summed E-state index contributed by atoms with van der Waals surface area (Å²) in [5, 5.41) is 12.1. The van der Waals surface area contributed by atoms with Crippen LogP contribution in [0.25, 0.3) is 0 Å². The topological polar surface area (TPSA) is 153 Å². The minimum Gasteiger partial charge on any atom is -0.394 e. The van der Waals surface area contributed by atoms with Crippen LogP contribution in [0, 0.1) is 11.8 Å². The number of hydrogen-bond donors (Lipinski definition) is 4. The van der Waals surface area contributed by atoms with Crippen LogP contribution >= 0.6 is 0 Å². The van der Waals surface area contributed by atoms with E-state index >= 15 is 0 Å². The highest BCUT2D eigenvalue weighted by Gasteiger charge is 2.55. The molecule has 2 fully saturated rings. The molecule has 0 radical (unpaired) electrons. The minimum absolute atomic E-state index is 0.00102. The second-order valence-electron chi connectivity index (χ2n) is 7.09. The molecular weight excluding hydrogens is 400 g/mol. The van der Waals surface area contributed by atoms with E-state index in [2.05, 4.69) is 27.6 Å². The second-order valence-corrected chi connectivity index (χ2v) is 7.09. The number of nitrogens with one attached hydrogen (secondary N) is 3. The molecule has 0 aliphatic carbocycles. The number of aliphatic hydroxyl groups excluding tert-OH is 1. The van der Waals surface area contributed by atoms with Gasteiger partial charge in [0.1, 0.15) is 30.5 Å². The predicted molar refractivity (Wildman–Crippen MR) is 101 cm³/mol. The molecule has 4 N–H and O–H groups in total. The summed E-state index contributed by atoms with van der Waals surface area (Å²) in [4.78, 5) is 42.9. The fraction of sp³-hybridized carbons (Fsp3) is 0.611. The fourth-order valence-electron chi connectivity index (χ4n) is 3.26. The monoisotopic (exact) mass is 424 g/mol. The Hall–Kier alpha value is -2.53. The molecular formula is C18H24N4O8. The van der Waals surface area contributed by atoms with Crippen molar-refractivity contribution in [2.24, 2.45) is 0 Å². The Morgan fingerprint density at radius 2 is 2.10 bits per heavy atom. The van der Waals surface area contributed by atoms with Crippen LogP contribution in [0.1, 0.15) is 25.6 Å². The van der Waals surface area contributed by atoms with E-state index in [0.717, 1.165) is 4.57 Å². The van der Waals surface area contributed by atoms with E-state index in [9.17, 15) is 19.5 Å². The summed E-state index contributed by atoms with van der Waals surface area (Å²) in [5.74, 6) is 3.95. The molecule has 30 heavy (non-hydrogen) atoms. The highest BCUT2D eigenvalue weighted by Crippen LogP contribution is 2.42. The molecule has 164 valence electrons. The van der Waals surface area contributed by atoms with Crippen molar-refractivity contribution in [3.05, 3.63) is 32.6 Å². The van der Waals surface area contributed by atoms with Crippen LogP contribution in [0.2, 0.25) is 0 Å². The molecule has 3 heterocycles. The third-order valence-corrected chi connectivity index (χ3v) is 4.49. The van der Waals surface area contributed by atoms with Gasteiger partial charge in [0.15, 0.2) is 12.0 Å². The molecule has 1 aromatic rings. The van der Waals surface area contributed by atoms with Crippen molar-refractivity contribution >= 4 is 5.91 Å². The maximum absolute atomic E-state index is 12.4. The van der Waals surface area contributed by atoms with Crippen molar-refractivity contribution in [3.63, 3.8) is 0 Å². The zero-order valence-corrected chi connectivity index (χ0v) is 16.8. The summed E-state index contributed by atoms with van der Waals surface area (Å²) in [6.45, 7) is 2.92. The molecule has 0 saturated carbocycles. The zero-order valence-electron chi connectivity index (χ0n) is 16.8. The van der Waals surface area contributed by atoms with Crippen LogP contribution in [-0.4, -0.2) is 71.5 Å². The number of aromatic nitrogens is 2. The van der Waals surface area contributed by atoms with Crippen molar-refractivity contribution in [3.8, 4) is 11.8 Å². The first kappa shape index (κ1) is 22.2. The Bertz CT molecular complexity index is 959. The number of aromatic amines is 1. The zero-order chi connectivity index (χ0) is 21.9. The SMILES string of the molecule is CNOCC(=O)NCC#Cc1cn(C2OC(CO)C3OC(C)(C)OC32)c(=O)[nH]c1=O. The van der Waals surface area contributed by atoms with Crippen LogP contribution in [0.5, 0.6) is 0 Å². The number of carbonyl (C=O) groups excluding carboxylic acids is 1. The molecule has 3 rings (SSSR count). The maximum atomic E-state index is 12.4. The van der Waals surface area contributed by atoms with Gasteiger partial charge in [-0.25, -0.2) is 10.3 Å². The molecule has 0 spiro atoms. The average molecular weight is 424 g/mol. The largest absolute Gasteiger partial charge is 0.394 e. The number of fused-ring (bicyclic) bond motifs is 1. The molecule has 1 amide bonds. The number of ether oxygens (including phenoxy) is 3. The molecule has 0 aromatic carbocycles. The number of nitrogens with zero attached hydrogens (tertiary/aromatic N) is 1. The van der Waals surface area contributed by atoms with Crippen LogP contribution in [-0.2, 0) is 23.8 Å². The average Bonchev–Trinajstić information content (AvgIpc) is 3.17. The van der Waals surface area contributed by atoms with Crippen LogP contribution in [0.15, 0.2) is 15.8 Å². The smallest absolute Gasteiger partial charge is 0.330 e. The minimum atomic E-state index is -0.919. The number of hydroxylamine groups is 1. The number of H-pyrrole nitrogens is 1. The van der Waals surface area contributed by atoms with Crippen LogP contribution in [0.4, 0.5) is 0 Å². The van der Waals surface area contributed by atoms with Gasteiger partial charge in [-0.15, -0.1) is 0 Å². The number of carbonyl (C=O) groups is 1. The summed E-state index contributed by atoms with van der Waals surface area (Å²) in [5.41, 5.74) is 0.984. The molecule has 2 aliphatic heterocycles. The van der Waals surface area contributed by atoms with Gasteiger partial charge in [0, 0.05) is 13.2 Å². The van der Waals surface area contributed by atoms with Gasteiger partial charge in [-0.3, -0.25) is 24.0 Å². The van der Waals surface area contributed by atoms with E-state index < -0.39 is 41.6 Å². The Labute approximate surface area is 171 Å². The van der Waals surface area contributed by atoms with Crippen LogP contribution < -0.4 is 22.0 Å². The maximum Gasteiger partial charge on any atom is 0.330 e. The lowest BCUT2D eigenvalue weighted by molar-refractivity contribution is -0.200. The number of aliphatic hydroxyl groups is 1. The number of hydrogen-bond acceptors (Lipinski definition) is 9. The first-order chi connectivity index (χ1) is 14.3. The summed E-state index contributed by atoms with van der Waals surface area (Å²) in [6.07, 6.45) is -1.58. The van der Waals surface area contributed by atoms with Crippen molar-refractivity contribution in [2.45, 2.75) is 44.2 Å². The van der Waals surface area contributed by atoms with E-state index in [4.69, 9.17) is 19.0 Å². The molecule has 12 heteroatoms. The lowest BCUT2D eigenvalue weighted by atomic mass is 10.1. The van der Waals surface area contributed by atoms with Crippen molar-refractivity contribution in [1.29, 1.82) is 0 Å². The molecule has 1 aromatic heterocycles. The van der Waals surface area contributed by atoms with Gasteiger partial charge in [0.25, 0.3) is 5.56 Å². The highest BCUT2D eigenvalue weighted by atomic mass is 16.8. The first-order valence-corrected chi connectivity index (χ1v) is 9.27. The Morgan fingerprint density at radius 3 is 2.80 bits per heavy atom. The van der Waals surface area contributed by atoms with E-state index in [-0.39, 0.29) is 31.2 Å². The summed E-state index contributed by atoms with van der Waals surface area (Å²) in [6, 6.07) is 0. The highest BCUT2D eigenvalue weighted by molar-refractivity contribution is 5.77. The molecule has 2 saturated heterocycles. The standard InChI is InChI=1S/C18H24N4O8/c1-18(2)29-13-11(8-23)28-16(14(13)30-18)22-7-10(15(25)21-17(22)26)5-4-6-20-12(24)9-27-19-3/h7,11,13-14,16,19,23H,6,8-9H2,1-3H3,(H,20,24)(H,21,25,26). The van der Waals surface area contributed by atoms with Gasteiger partial charge in [0.2, 0.25) is 5.91 Å². The van der Waals surface area contributed by atoms with Gasteiger partial charge >= 0.3 is 5.69 Å². The number of rotatable bonds is 6. The third kappa shape index (κ3) is 4.78.